The van der Waals surface area contributed by atoms with Crippen LogP contribution in [0.25, 0.3) is 0 Å². The Balaban J connectivity index is 2.95. The summed E-state index contributed by atoms with van der Waals surface area (Å²) in [5, 5.41) is 8.62. The van der Waals surface area contributed by atoms with Crippen molar-refractivity contribution in [3.63, 3.8) is 0 Å². The standard InChI is InChI=1S/C9H9NO2/c1-2-3-8-6-7(9(11)12)4-5-10-8/h2,4-6H,1,3H2,(H,11,12). The number of carbonyl (C=O) groups is 1. The minimum Gasteiger partial charge on any atom is -0.478 e. The molecular weight excluding hydrogens is 154 g/mol. The minimum atomic E-state index is -0.928. The predicted octanol–water partition coefficient (Wildman–Crippen LogP) is 1.51. The number of carboxylic acids is 1. The summed E-state index contributed by atoms with van der Waals surface area (Å²) < 4.78 is 0. The van der Waals surface area contributed by atoms with Crippen molar-refractivity contribution in [2.24, 2.45) is 0 Å². The summed E-state index contributed by atoms with van der Waals surface area (Å²) >= 11 is 0. The van der Waals surface area contributed by atoms with Gasteiger partial charge in [0.05, 0.1) is 5.56 Å². The van der Waals surface area contributed by atoms with Gasteiger partial charge in [-0.3, -0.25) is 4.98 Å². The number of hydrogen-bond acceptors (Lipinski definition) is 2. The molecule has 0 radical (unpaired) electrons. The van der Waals surface area contributed by atoms with E-state index in [9.17, 15) is 4.79 Å². The summed E-state index contributed by atoms with van der Waals surface area (Å²) in [6.07, 6.45) is 3.78. The molecule has 1 N–H and O–H groups in total. The first kappa shape index (κ1) is 8.46. The summed E-state index contributed by atoms with van der Waals surface area (Å²) in [5.41, 5.74) is 0.992. The highest BCUT2D eigenvalue weighted by Crippen LogP contribution is 2.02. The first-order valence-corrected chi connectivity index (χ1v) is 3.53. The van der Waals surface area contributed by atoms with E-state index in [4.69, 9.17) is 5.11 Å². The van der Waals surface area contributed by atoms with Crippen LogP contribution in [0.1, 0.15) is 16.1 Å². The lowest BCUT2D eigenvalue weighted by Gasteiger charge is -1.96. The normalized spacial score (nSPS) is 9.33. The molecule has 0 saturated heterocycles. The molecule has 0 atom stereocenters. The first-order valence-electron chi connectivity index (χ1n) is 3.53. The largest absolute Gasteiger partial charge is 0.478 e. The van der Waals surface area contributed by atoms with E-state index < -0.39 is 5.97 Å². The molecule has 0 fully saturated rings. The van der Waals surface area contributed by atoms with Gasteiger partial charge < -0.3 is 5.11 Å². The lowest BCUT2D eigenvalue weighted by molar-refractivity contribution is 0.0696. The van der Waals surface area contributed by atoms with Gasteiger partial charge in [-0.15, -0.1) is 6.58 Å². The first-order chi connectivity index (χ1) is 5.74. The second-order valence-electron chi connectivity index (χ2n) is 2.33. The Hall–Kier alpha value is -1.64. The van der Waals surface area contributed by atoms with Crippen LogP contribution in [0.5, 0.6) is 0 Å². The van der Waals surface area contributed by atoms with Gasteiger partial charge in [0.2, 0.25) is 0 Å². The monoisotopic (exact) mass is 163 g/mol. The molecule has 62 valence electrons. The van der Waals surface area contributed by atoms with Gasteiger partial charge in [0.1, 0.15) is 0 Å². The van der Waals surface area contributed by atoms with Gasteiger partial charge in [0.25, 0.3) is 0 Å². The number of aromatic carboxylic acids is 1. The van der Waals surface area contributed by atoms with Crippen LogP contribution in [-0.2, 0) is 6.42 Å². The van der Waals surface area contributed by atoms with Crippen LogP contribution in [-0.4, -0.2) is 16.1 Å². The Bertz CT molecular complexity index is 307. The Morgan fingerprint density at radius 1 is 1.75 bits per heavy atom. The zero-order valence-electron chi connectivity index (χ0n) is 6.53. The SMILES string of the molecule is C=CCc1cc(C(=O)O)ccn1. The average Bonchev–Trinajstić information content (AvgIpc) is 2.05. The molecule has 0 aliphatic heterocycles. The zero-order chi connectivity index (χ0) is 8.97. The van der Waals surface area contributed by atoms with Gasteiger partial charge in [-0.2, -0.15) is 0 Å². The molecule has 0 amide bonds. The van der Waals surface area contributed by atoms with Crippen molar-refractivity contribution in [3.8, 4) is 0 Å². The predicted molar refractivity (Wildman–Crippen MR) is 45.1 cm³/mol. The van der Waals surface area contributed by atoms with Crippen molar-refractivity contribution in [2.45, 2.75) is 6.42 Å². The highest BCUT2D eigenvalue weighted by atomic mass is 16.4. The lowest BCUT2D eigenvalue weighted by Crippen LogP contribution is -1.98. The van der Waals surface area contributed by atoms with E-state index in [1.54, 1.807) is 12.1 Å². The molecule has 1 aromatic rings. The number of rotatable bonds is 3. The number of nitrogens with zero attached hydrogens (tertiary/aromatic N) is 1. The Morgan fingerprint density at radius 3 is 3.08 bits per heavy atom. The van der Waals surface area contributed by atoms with E-state index in [1.165, 1.54) is 12.3 Å². The van der Waals surface area contributed by atoms with E-state index in [-0.39, 0.29) is 5.56 Å². The maximum Gasteiger partial charge on any atom is 0.335 e. The van der Waals surface area contributed by atoms with Crippen LogP contribution in [0.15, 0.2) is 31.0 Å². The fraction of sp³-hybridized carbons (Fsp3) is 0.111. The van der Waals surface area contributed by atoms with Crippen molar-refractivity contribution < 1.29 is 9.90 Å². The summed E-state index contributed by atoms with van der Waals surface area (Å²) in [7, 11) is 0. The quantitative estimate of drug-likeness (QED) is 0.687. The lowest BCUT2D eigenvalue weighted by atomic mass is 10.2. The molecular formula is C9H9NO2. The maximum atomic E-state index is 10.5. The molecule has 0 unspecified atom stereocenters. The minimum absolute atomic E-state index is 0.266. The highest BCUT2D eigenvalue weighted by molar-refractivity contribution is 5.87. The third kappa shape index (κ3) is 1.92. The van der Waals surface area contributed by atoms with Crippen molar-refractivity contribution in [1.82, 2.24) is 4.98 Å². The topological polar surface area (TPSA) is 50.2 Å². The number of carboxylic acid groups (broad SMARTS) is 1. The Labute approximate surface area is 70.4 Å². The molecule has 0 bridgehead atoms. The zero-order valence-corrected chi connectivity index (χ0v) is 6.53. The summed E-state index contributed by atoms with van der Waals surface area (Å²) in [6, 6.07) is 3.01. The van der Waals surface area contributed by atoms with Crippen LogP contribution in [0, 0.1) is 0 Å². The molecule has 0 saturated carbocycles. The van der Waals surface area contributed by atoms with E-state index in [0.29, 0.717) is 6.42 Å². The number of pyridine rings is 1. The summed E-state index contributed by atoms with van der Waals surface area (Å²) in [6.45, 7) is 3.54. The third-order valence-electron chi connectivity index (χ3n) is 1.42. The van der Waals surface area contributed by atoms with Gasteiger partial charge in [-0.25, -0.2) is 4.79 Å². The average molecular weight is 163 g/mol. The fourth-order valence-electron chi connectivity index (χ4n) is 0.871. The van der Waals surface area contributed by atoms with Gasteiger partial charge in [-0.1, -0.05) is 6.08 Å². The highest BCUT2D eigenvalue weighted by Gasteiger charge is 2.02. The van der Waals surface area contributed by atoms with Crippen molar-refractivity contribution in [1.29, 1.82) is 0 Å². The van der Waals surface area contributed by atoms with E-state index >= 15 is 0 Å². The second-order valence-corrected chi connectivity index (χ2v) is 2.33. The van der Waals surface area contributed by atoms with Gasteiger partial charge in [0, 0.05) is 18.3 Å². The van der Waals surface area contributed by atoms with E-state index in [2.05, 4.69) is 11.6 Å². The van der Waals surface area contributed by atoms with Crippen LogP contribution in [0.2, 0.25) is 0 Å². The van der Waals surface area contributed by atoms with Gasteiger partial charge in [0.15, 0.2) is 0 Å². The van der Waals surface area contributed by atoms with Crippen molar-refractivity contribution >= 4 is 5.97 Å². The van der Waals surface area contributed by atoms with Crippen molar-refractivity contribution in [2.75, 3.05) is 0 Å². The molecule has 12 heavy (non-hydrogen) atoms. The molecule has 1 heterocycles. The van der Waals surface area contributed by atoms with Crippen LogP contribution >= 0.6 is 0 Å². The molecule has 3 nitrogen and oxygen atoms in total. The summed E-state index contributed by atoms with van der Waals surface area (Å²) in [4.78, 5) is 14.5. The van der Waals surface area contributed by atoms with Gasteiger partial charge >= 0.3 is 5.97 Å². The van der Waals surface area contributed by atoms with Crippen molar-refractivity contribution in [3.05, 3.63) is 42.2 Å². The Kier molecular flexibility index (Phi) is 2.58. The fourth-order valence-corrected chi connectivity index (χ4v) is 0.871. The smallest absolute Gasteiger partial charge is 0.335 e. The summed E-state index contributed by atoms with van der Waals surface area (Å²) in [5.74, 6) is -0.928. The van der Waals surface area contributed by atoms with Crippen LogP contribution < -0.4 is 0 Å². The third-order valence-corrected chi connectivity index (χ3v) is 1.42. The molecule has 0 aromatic carbocycles. The Morgan fingerprint density at radius 2 is 2.50 bits per heavy atom. The number of aromatic nitrogens is 1. The number of allylic oxidation sites excluding steroid dienone is 1. The molecule has 0 aliphatic carbocycles. The molecule has 3 heteroatoms. The van der Waals surface area contributed by atoms with E-state index in [0.717, 1.165) is 5.69 Å². The molecule has 1 rings (SSSR count). The second kappa shape index (κ2) is 3.67. The molecule has 0 aliphatic rings. The molecule has 1 aromatic heterocycles. The maximum absolute atomic E-state index is 10.5. The van der Waals surface area contributed by atoms with E-state index in [1.807, 2.05) is 0 Å². The van der Waals surface area contributed by atoms with Gasteiger partial charge in [-0.05, 0) is 12.1 Å². The molecule has 0 spiro atoms. The van der Waals surface area contributed by atoms with Crippen LogP contribution in [0.3, 0.4) is 0 Å². The van der Waals surface area contributed by atoms with Crippen LogP contribution in [0.4, 0.5) is 0 Å². The number of hydrogen-bond donors (Lipinski definition) is 1.